The molecule has 0 fully saturated rings. The number of anilines is 2. The third-order valence-electron chi connectivity index (χ3n) is 3.49. The molecule has 2 rings (SSSR count). The van der Waals surface area contributed by atoms with Crippen LogP contribution in [0.25, 0.3) is 10.2 Å². The number of nitrogens with zero attached hydrogens (tertiary/aromatic N) is 2. The maximum atomic E-state index is 9.22. The minimum Gasteiger partial charge on any atom is -0.396 e. The van der Waals surface area contributed by atoms with Crippen LogP contribution in [0.15, 0.2) is 6.07 Å². The Kier molecular flexibility index (Phi) is 5.33. The summed E-state index contributed by atoms with van der Waals surface area (Å²) in [5.74, 6) is 7.03. The molecule has 0 bridgehead atoms. The molecule has 2 aromatic rings. The Morgan fingerprint density at radius 3 is 2.71 bits per heavy atom. The Morgan fingerprint density at radius 2 is 2.14 bits per heavy atom. The highest BCUT2D eigenvalue weighted by atomic mass is 32.1. The van der Waals surface area contributed by atoms with Gasteiger partial charge in [-0.25, -0.2) is 10.8 Å². The molecule has 0 spiro atoms. The highest BCUT2D eigenvalue weighted by Crippen LogP contribution is 2.31. The molecule has 0 amide bonds. The van der Waals surface area contributed by atoms with Crippen LogP contribution in [0.5, 0.6) is 0 Å². The van der Waals surface area contributed by atoms with Gasteiger partial charge < -0.3 is 10.4 Å². The Hall–Kier alpha value is -1.44. The van der Waals surface area contributed by atoms with E-state index in [2.05, 4.69) is 47.5 Å². The largest absolute Gasteiger partial charge is 0.396 e. The number of nitrogens with one attached hydrogen (secondary N) is 2. The lowest BCUT2D eigenvalue weighted by Crippen LogP contribution is -2.27. The number of thiophene rings is 1. The molecule has 0 saturated heterocycles. The minimum atomic E-state index is 0.149. The molecule has 7 heteroatoms. The summed E-state index contributed by atoms with van der Waals surface area (Å²) in [7, 11) is 0. The summed E-state index contributed by atoms with van der Waals surface area (Å²) in [6.45, 7) is 6.52. The van der Waals surface area contributed by atoms with E-state index in [0.29, 0.717) is 18.3 Å². The van der Waals surface area contributed by atoms with Gasteiger partial charge in [-0.05, 0) is 24.8 Å². The van der Waals surface area contributed by atoms with Gasteiger partial charge in [0.05, 0.1) is 5.39 Å². The van der Waals surface area contributed by atoms with Crippen LogP contribution < -0.4 is 16.6 Å². The van der Waals surface area contributed by atoms with E-state index in [4.69, 9.17) is 5.84 Å². The van der Waals surface area contributed by atoms with Gasteiger partial charge >= 0.3 is 0 Å². The first-order valence-corrected chi connectivity index (χ1v) is 8.05. The molecule has 6 nitrogen and oxygen atoms in total. The number of hydrogen-bond acceptors (Lipinski definition) is 7. The molecule has 21 heavy (non-hydrogen) atoms. The van der Waals surface area contributed by atoms with Crippen molar-refractivity contribution >= 4 is 33.3 Å². The predicted molar refractivity (Wildman–Crippen MR) is 88.6 cm³/mol. The Balaban J connectivity index is 2.42. The monoisotopic (exact) mass is 309 g/mol. The van der Waals surface area contributed by atoms with E-state index in [9.17, 15) is 5.11 Å². The van der Waals surface area contributed by atoms with E-state index >= 15 is 0 Å². The molecule has 1 unspecified atom stereocenters. The lowest BCUT2D eigenvalue weighted by atomic mass is 10.0. The molecule has 2 heterocycles. The molecule has 0 saturated carbocycles. The molecule has 0 aliphatic carbocycles. The third kappa shape index (κ3) is 3.61. The SMILES string of the molecule is CCc1cc2c(NC(CCO)C(C)C)nc(NN)nc2s1. The Morgan fingerprint density at radius 1 is 1.38 bits per heavy atom. The second-order valence-electron chi connectivity index (χ2n) is 5.33. The second kappa shape index (κ2) is 7.02. The van der Waals surface area contributed by atoms with E-state index in [1.807, 2.05) is 0 Å². The quantitative estimate of drug-likeness (QED) is 0.463. The standard InChI is InChI=1S/C14H23N5OS/c1-4-9-7-10-12(16-11(5-6-20)8(2)3)17-14(19-15)18-13(10)21-9/h7-8,11,20H,4-6,15H2,1-3H3,(H2,16,17,18,19). The topological polar surface area (TPSA) is 96.1 Å². The lowest BCUT2D eigenvalue weighted by molar-refractivity contribution is 0.267. The Bertz CT molecular complexity index is 598. The zero-order valence-electron chi connectivity index (χ0n) is 12.7. The average Bonchev–Trinajstić information content (AvgIpc) is 2.89. The second-order valence-corrected chi connectivity index (χ2v) is 6.45. The average molecular weight is 309 g/mol. The molecule has 0 radical (unpaired) electrons. The van der Waals surface area contributed by atoms with Gasteiger partial charge in [0.2, 0.25) is 5.95 Å². The van der Waals surface area contributed by atoms with Crippen molar-refractivity contribution in [1.82, 2.24) is 9.97 Å². The number of aliphatic hydroxyl groups excluding tert-OH is 1. The fourth-order valence-corrected chi connectivity index (χ4v) is 3.17. The number of fused-ring (bicyclic) bond motifs is 1. The third-order valence-corrected chi connectivity index (χ3v) is 4.66. The number of aliphatic hydroxyl groups is 1. The van der Waals surface area contributed by atoms with Gasteiger partial charge in [-0.3, -0.25) is 5.43 Å². The van der Waals surface area contributed by atoms with E-state index in [1.54, 1.807) is 11.3 Å². The number of hydrogen-bond donors (Lipinski definition) is 4. The molecule has 2 aromatic heterocycles. The van der Waals surface area contributed by atoms with Crippen molar-refractivity contribution in [1.29, 1.82) is 0 Å². The zero-order chi connectivity index (χ0) is 15.4. The predicted octanol–water partition coefficient (Wildman–Crippen LogP) is 2.36. The Labute approximate surface area is 128 Å². The fourth-order valence-electron chi connectivity index (χ4n) is 2.21. The van der Waals surface area contributed by atoms with E-state index in [1.165, 1.54) is 4.88 Å². The molecule has 116 valence electrons. The van der Waals surface area contributed by atoms with Crippen molar-refractivity contribution < 1.29 is 5.11 Å². The van der Waals surface area contributed by atoms with Crippen LogP contribution >= 0.6 is 11.3 Å². The molecule has 5 N–H and O–H groups in total. The summed E-state index contributed by atoms with van der Waals surface area (Å²) in [5.41, 5.74) is 2.52. The number of nitrogen functional groups attached to an aromatic ring is 1. The van der Waals surface area contributed by atoms with Gasteiger partial charge in [0, 0.05) is 17.5 Å². The van der Waals surface area contributed by atoms with E-state index in [-0.39, 0.29) is 12.6 Å². The summed E-state index contributed by atoms with van der Waals surface area (Å²) in [6, 6.07) is 2.28. The summed E-state index contributed by atoms with van der Waals surface area (Å²) >= 11 is 1.65. The van der Waals surface area contributed by atoms with Crippen LogP contribution in [0, 0.1) is 5.92 Å². The molecular weight excluding hydrogens is 286 g/mol. The number of rotatable bonds is 7. The van der Waals surface area contributed by atoms with Crippen molar-refractivity contribution in [2.75, 3.05) is 17.3 Å². The summed E-state index contributed by atoms with van der Waals surface area (Å²) in [4.78, 5) is 11.0. The molecular formula is C14H23N5OS. The number of aryl methyl sites for hydroxylation is 1. The summed E-state index contributed by atoms with van der Waals surface area (Å²) in [6.07, 6.45) is 1.65. The molecule has 0 aliphatic rings. The number of nitrogens with two attached hydrogens (primary N) is 1. The van der Waals surface area contributed by atoms with Crippen molar-refractivity contribution in [3.63, 3.8) is 0 Å². The number of hydrazine groups is 1. The molecule has 0 aromatic carbocycles. The van der Waals surface area contributed by atoms with Gasteiger partial charge in [0.15, 0.2) is 0 Å². The number of aromatic nitrogens is 2. The lowest BCUT2D eigenvalue weighted by Gasteiger charge is -2.22. The van der Waals surface area contributed by atoms with Crippen molar-refractivity contribution in [3.05, 3.63) is 10.9 Å². The first kappa shape index (κ1) is 15.9. The van der Waals surface area contributed by atoms with Crippen molar-refractivity contribution in [3.8, 4) is 0 Å². The molecule has 0 aliphatic heterocycles. The maximum Gasteiger partial charge on any atom is 0.240 e. The van der Waals surface area contributed by atoms with Gasteiger partial charge in [0.25, 0.3) is 0 Å². The first-order valence-electron chi connectivity index (χ1n) is 7.23. The zero-order valence-corrected chi connectivity index (χ0v) is 13.5. The maximum absolute atomic E-state index is 9.22. The van der Waals surface area contributed by atoms with Crippen LogP contribution in [-0.4, -0.2) is 27.7 Å². The summed E-state index contributed by atoms with van der Waals surface area (Å²) < 4.78 is 0. The summed E-state index contributed by atoms with van der Waals surface area (Å²) in [5, 5.41) is 13.7. The van der Waals surface area contributed by atoms with Crippen LogP contribution in [-0.2, 0) is 6.42 Å². The van der Waals surface area contributed by atoms with Crippen LogP contribution in [0.2, 0.25) is 0 Å². The van der Waals surface area contributed by atoms with Crippen molar-refractivity contribution in [2.24, 2.45) is 11.8 Å². The highest BCUT2D eigenvalue weighted by molar-refractivity contribution is 7.18. The van der Waals surface area contributed by atoms with Crippen LogP contribution in [0.3, 0.4) is 0 Å². The minimum absolute atomic E-state index is 0.149. The van der Waals surface area contributed by atoms with Gasteiger partial charge in [-0.15, -0.1) is 11.3 Å². The van der Waals surface area contributed by atoms with Crippen LogP contribution in [0.1, 0.15) is 32.1 Å². The van der Waals surface area contributed by atoms with Crippen molar-refractivity contribution in [2.45, 2.75) is 39.7 Å². The molecule has 1 atom stereocenters. The van der Waals surface area contributed by atoms with Gasteiger partial charge in [0.1, 0.15) is 10.6 Å². The normalized spacial score (nSPS) is 12.9. The smallest absolute Gasteiger partial charge is 0.240 e. The highest BCUT2D eigenvalue weighted by Gasteiger charge is 2.17. The van der Waals surface area contributed by atoms with Gasteiger partial charge in [-0.2, -0.15) is 4.98 Å². The van der Waals surface area contributed by atoms with E-state index < -0.39 is 0 Å². The fraction of sp³-hybridized carbons (Fsp3) is 0.571. The van der Waals surface area contributed by atoms with E-state index in [0.717, 1.165) is 22.5 Å². The first-order chi connectivity index (χ1) is 10.1. The van der Waals surface area contributed by atoms with Crippen LogP contribution in [0.4, 0.5) is 11.8 Å². The van der Waals surface area contributed by atoms with Gasteiger partial charge in [-0.1, -0.05) is 20.8 Å².